The Kier molecular flexibility index (Phi) is 2.92. The Morgan fingerprint density at radius 3 is 2.56 bits per heavy atom. The summed E-state index contributed by atoms with van der Waals surface area (Å²) in [4.78, 5) is 0. The van der Waals surface area contributed by atoms with Crippen LogP contribution in [0.4, 0.5) is 0 Å². The van der Waals surface area contributed by atoms with Crippen molar-refractivity contribution in [3.8, 4) is 0 Å². The molecule has 4 aliphatic rings. The van der Waals surface area contributed by atoms with Crippen LogP contribution in [0.5, 0.6) is 0 Å². The van der Waals surface area contributed by atoms with Crippen LogP contribution in [0.1, 0.15) is 51.4 Å². The molecule has 0 aromatic rings. The molecule has 7 atom stereocenters. The number of hydrogen-bond acceptors (Lipinski definition) is 2. The van der Waals surface area contributed by atoms with Gasteiger partial charge in [-0.3, -0.25) is 0 Å². The fourth-order valence-corrected chi connectivity index (χ4v) is 6.07. The lowest BCUT2D eigenvalue weighted by atomic mass is 9.78. The fraction of sp³-hybridized carbons (Fsp3) is 1.00. The zero-order valence-electron chi connectivity index (χ0n) is 11.5. The maximum atomic E-state index is 5.92. The van der Waals surface area contributed by atoms with E-state index in [-0.39, 0.29) is 0 Å². The summed E-state index contributed by atoms with van der Waals surface area (Å²) in [5.74, 6) is 5.10. The van der Waals surface area contributed by atoms with E-state index in [2.05, 4.69) is 5.32 Å². The maximum Gasteiger partial charge on any atom is 0.0110 e. The molecule has 2 bridgehead atoms. The number of nitrogens with two attached hydrogens (primary N) is 1. The van der Waals surface area contributed by atoms with Gasteiger partial charge in [0.15, 0.2) is 0 Å². The maximum absolute atomic E-state index is 5.92. The number of rotatable bonds is 3. The highest BCUT2D eigenvalue weighted by Crippen LogP contribution is 2.58. The second kappa shape index (κ2) is 4.49. The highest BCUT2D eigenvalue weighted by molar-refractivity contribution is 5.06. The summed E-state index contributed by atoms with van der Waals surface area (Å²) in [6, 6.07) is 1.60. The summed E-state index contributed by atoms with van der Waals surface area (Å²) >= 11 is 0. The van der Waals surface area contributed by atoms with Crippen LogP contribution in [-0.2, 0) is 0 Å². The van der Waals surface area contributed by atoms with Gasteiger partial charge in [0.1, 0.15) is 0 Å². The Bertz CT molecular complexity index is 316. The van der Waals surface area contributed by atoms with Gasteiger partial charge in [0.2, 0.25) is 0 Å². The topological polar surface area (TPSA) is 38.0 Å². The summed E-state index contributed by atoms with van der Waals surface area (Å²) in [7, 11) is 0. The number of fused-ring (bicyclic) bond motifs is 5. The lowest BCUT2D eigenvalue weighted by molar-refractivity contribution is 0.190. The van der Waals surface area contributed by atoms with E-state index >= 15 is 0 Å². The standard InChI is InChI=1S/C16H28N2/c17-9-10-3-1-6-15(10)18-16-8-11-7-14(16)13-5-2-4-12(11)13/h10-16,18H,1-9,17H2. The Hall–Kier alpha value is -0.0800. The van der Waals surface area contributed by atoms with Crippen molar-refractivity contribution in [3.05, 3.63) is 0 Å². The van der Waals surface area contributed by atoms with Crippen molar-refractivity contribution < 1.29 is 0 Å². The minimum absolute atomic E-state index is 0.749. The SMILES string of the molecule is NCC1CCCC1NC1CC2CC1C1CCCC21. The molecule has 0 radical (unpaired) electrons. The summed E-state index contributed by atoms with van der Waals surface area (Å²) in [6.45, 7) is 0.893. The van der Waals surface area contributed by atoms with Gasteiger partial charge in [-0.1, -0.05) is 12.8 Å². The van der Waals surface area contributed by atoms with Crippen LogP contribution < -0.4 is 11.1 Å². The van der Waals surface area contributed by atoms with Crippen LogP contribution in [0.2, 0.25) is 0 Å². The van der Waals surface area contributed by atoms with Crippen LogP contribution in [0, 0.1) is 29.6 Å². The highest BCUT2D eigenvalue weighted by atomic mass is 15.0. The van der Waals surface area contributed by atoms with Gasteiger partial charge in [-0.05, 0) is 74.7 Å². The molecule has 18 heavy (non-hydrogen) atoms. The van der Waals surface area contributed by atoms with Gasteiger partial charge in [0, 0.05) is 12.1 Å². The van der Waals surface area contributed by atoms with E-state index in [1.54, 1.807) is 12.8 Å². The van der Waals surface area contributed by atoms with Gasteiger partial charge in [-0.2, -0.15) is 0 Å². The first-order valence-electron chi connectivity index (χ1n) is 8.33. The zero-order valence-corrected chi connectivity index (χ0v) is 11.5. The molecular formula is C16H28N2. The Morgan fingerprint density at radius 2 is 1.67 bits per heavy atom. The molecule has 4 fully saturated rings. The molecule has 0 spiro atoms. The smallest absolute Gasteiger partial charge is 0.0110 e. The van der Waals surface area contributed by atoms with E-state index in [9.17, 15) is 0 Å². The van der Waals surface area contributed by atoms with Crippen molar-refractivity contribution in [1.82, 2.24) is 5.32 Å². The molecule has 102 valence electrons. The number of nitrogens with one attached hydrogen (secondary N) is 1. The minimum atomic E-state index is 0.749. The Labute approximate surface area is 111 Å². The third-order valence-electron chi connectivity index (χ3n) is 6.82. The first-order valence-corrected chi connectivity index (χ1v) is 8.33. The second-order valence-electron chi connectivity index (χ2n) is 7.46. The van der Waals surface area contributed by atoms with Gasteiger partial charge < -0.3 is 11.1 Å². The first-order chi connectivity index (χ1) is 8.86. The molecule has 2 heteroatoms. The van der Waals surface area contributed by atoms with Crippen molar-refractivity contribution in [1.29, 1.82) is 0 Å². The summed E-state index contributed by atoms with van der Waals surface area (Å²) in [5.41, 5.74) is 5.92. The molecule has 0 aliphatic heterocycles. The van der Waals surface area contributed by atoms with Crippen LogP contribution in [0.3, 0.4) is 0 Å². The van der Waals surface area contributed by atoms with Gasteiger partial charge in [0.25, 0.3) is 0 Å². The summed E-state index contributed by atoms with van der Waals surface area (Å²) < 4.78 is 0. The van der Waals surface area contributed by atoms with Crippen molar-refractivity contribution >= 4 is 0 Å². The molecule has 0 aromatic heterocycles. The van der Waals surface area contributed by atoms with Crippen molar-refractivity contribution in [2.75, 3.05) is 6.54 Å². The van der Waals surface area contributed by atoms with Crippen LogP contribution in [0.25, 0.3) is 0 Å². The predicted molar refractivity (Wildman–Crippen MR) is 74.2 cm³/mol. The molecule has 0 amide bonds. The average molecular weight is 248 g/mol. The largest absolute Gasteiger partial charge is 0.330 e. The monoisotopic (exact) mass is 248 g/mol. The van der Waals surface area contributed by atoms with Crippen LogP contribution in [0.15, 0.2) is 0 Å². The Balaban J connectivity index is 1.42. The van der Waals surface area contributed by atoms with Gasteiger partial charge in [0.05, 0.1) is 0 Å². The van der Waals surface area contributed by atoms with E-state index in [1.807, 2.05) is 0 Å². The molecule has 4 aliphatic carbocycles. The molecule has 4 saturated carbocycles. The van der Waals surface area contributed by atoms with E-state index in [1.165, 1.54) is 38.5 Å². The zero-order chi connectivity index (χ0) is 12.1. The fourth-order valence-electron chi connectivity index (χ4n) is 6.07. The van der Waals surface area contributed by atoms with E-state index in [0.717, 1.165) is 48.2 Å². The van der Waals surface area contributed by atoms with Gasteiger partial charge >= 0.3 is 0 Å². The molecule has 0 heterocycles. The molecule has 7 unspecified atom stereocenters. The average Bonchev–Trinajstić information content (AvgIpc) is 3.10. The van der Waals surface area contributed by atoms with Crippen molar-refractivity contribution in [2.24, 2.45) is 35.3 Å². The first kappa shape index (κ1) is 11.7. The van der Waals surface area contributed by atoms with E-state index in [0.29, 0.717) is 0 Å². The molecule has 4 rings (SSSR count). The lowest BCUT2D eigenvalue weighted by Crippen LogP contribution is -2.47. The molecule has 0 saturated heterocycles. The third-order valence-corrected chi connectivity index (χ3v) is 6.82. The summed E-state index contributed by atoms with van der Waals surface area (Å²) in [5, 5.41) is 4.04. The highest BCUT2D eigenvalue weighted by Gasteiger charge is 2.54. The lowest BCUT2D eigenvalue weighted by Gasteiger charge is -2.35. The molecular weight excluding hydrogens is 220 g/mol. The number of hydrogen-bond donors (Lipinski definition) is 2. The third kappa shape index (κ3) is 1.68. The molecule has 3 N–H and O–H groups in total. The quantitative estimate of drug-likeness (QED) is 0.805. The van der Waals surface area contributed by atoms with Crippen LogP contribution >= 0.6 is 0 Å². The Morgan fingerprint density at radius 1 is 0.833 bits per heavy atom. The minimum Gasteiger partial charge on any atom is -0.330 e. The normalized spacial score (nSPS) is 54.2. The summed E-state index contributed by atoms with van der Waals surface area (Å²) in [6.07, 6.45) is 11.8. The van der Waals surface area contributed by atoms with Crippen molar-refractivity contribution in [3.63, 3.8) is 0 Å². The van der Waals surface area contributed by atoms with E-state index in [4.69, 9.17) is 5.73 Å². The van der Waals surface area contributed by atoms with Crippen molar-refractivity contribution in [2.45, 2.75) is 63.5 Å². The second-order valence-corrected chi connectivity index (χ2v) is 7.46. The molecule has 2 nitrogen and oxygen atoms in total. The van der Waals surface area contributed by atoms with Gasteiger partial charge in [-0.25, -0.2) is 0 Å². The predicted octanol–water partition coefficient (Wildman–Crippen LogP) is 2.53. The molecule has 0 aromatic carbocycles. The van der Waals surface area contributed by atoms with Gasteiger partial charge in [-0.15, -0.1) is 0 Å². The van der Waals surface area contributed by atoms with E-state index < -0.39 is 0 Å². The van der Waals surface area contributed by atoms with Crippen LogP contribution in [-0.4, -0.2) is 18.6 Å².